The summed E-state index contributed by atoms with van der Waals surface area (Å²) in [5, 5.41) is 6.25. The number of fused-ring (bicyclic) bond motifs is 1. The number of nitrogens with zero attached hydrogens (tertiary/aromatic N) is 1. The van der Waals surface area contributed by atoms with Gasteiger partial charge in [-0.2, -0.15) is 5.10 Å². The lowest BCUT2D eigenvalue weighted by molar-refractivity contribution is 0.0954. The summed E-state index contributed by atoms with van der Waals surface area (Å²) in [4.78, 5) is 12.3. The minimum Gasteiger partial charge on any atom is -0.497 e. The van der Waals surface area contributed by atoms with Crippen LogP contribution in [0.5, 0.6) is 11.5 Å². The Kier molecular flexibility index (Phi) is 6.05. The zero-order valence-electron chi connectivity index (χ0n) is 15.4. The van der Waals surface area contributed by atoms with Crippen LogP contribution < -0.4 is 14.9 Å². The smallest absolute Gasteiger partial charge is 0.271 e. The fraction of sp³-hybridized carbons (Fsp3) is 0.182. The molecule has 138 valence electrons. The molecule has 0 aliphatic rings. The molecule has 0 spiro atoms. The first kappa shape index (κ1) is 18.5. The van der Waals surface area contributed by atoms with Gasteiger partial charge in [-0.25, -0.2) is 5.43 Å². The molecular weight excluding hydrogens is 340 g/mol. The lowest BCUT2D eigenvalue weighted by atomic mass is 10.0. The Hall–Kier alpha value is -3.34. The van der Waals surface area contributed by atoms with Crippen molar-refractivity contribution in [3.63, 3.8) is 0 Å². The van der Waals surface area contributed by atoms with E-state index in [0.29, 0.717) is 17.9 Å². The quantitative estimate of drug-likeness (QED) is 0.500. The maximum Gasteiger partial charge on any atom is 0.271 e. The van der Waals surface area contributed by atoms with Crippen molar-refractivity contribution in [2.24, 2.45) is 5.10 Å². The lowest BCUT2D eigenvalue weighted by Crippen LogP contribution is -2.17. The Morgan fingerprint density at radius 2 is 1.96 bits per heavy atom. The zero-order valence-corrected chi connectivity index (χ0v) is 15.4. The number of hydrogen-bond acceptors (Lipinski definition) is 4. The van der Waals surface area contributed by atoms with Crippen molar-refractivity contribution >= 4 is 22.9 Å². The number of benzene rings is 3. The summed E-state index contributed by atoms with van der Waals surface area (Å²) in [7, 11) is 1.56. The summed E-state index contributed by atoms with van der Waals surface area (Å²) >= 11 is 0. The SMILES string of the molecule is CCCOc1ccc2ccccc2c1/C=N\NC(=O)c1cccc(OC)c1. The molecule has 0 radical (unpaired) electrons. The predicted octanol–water partition coefficient (Wildman–Crippen LogP) is 4.40. The van der Waals surface area contributed by atoms with Crippen LogP contribution in [-0.2, 0) is 0 Å². The first-order valence-corrected chi connectivity index (χ1v) is 8.85. The van der Waals surface area contributed by atoms with Crippen molar-refractivity contribution in [1.29, 1.82) is 0 Å². The summed E-state index contributed by atoms with van der Waals surface area (Å²) in [6.07, 6.45) is 2.54. The topological polar surface area (TPSA) is 59.9 Å². The summed E-state index contributed by atoms with van der Waals surface area (Å²) in [5.41, 5.74) is 3.89. The summed E-state index contributed by atoms with van der Waals surface area (Å²) in [5.74, 6) is 1.06. The summed E-state index contributed by atoms with van der Waals surface area (Å²) in [6.45, 7) is 2.68. The van der Waals surface area contributed by atoms with E-state index in [4.69, 9.17) is 9.47 Å². The second-order valence-electron chi connectivity index (χ2n) is 5.98. The highest BCUT2D eigenvalue weighted by Gasteiger charge is 2.08. The van der Waals surface area contributed by atoms with Crippen molar-refractivity contribution < 1.29 is 14.3 Å². The first-order valence-electron chi connectivity index (χ1n) is 8.85. The molecule has 5 heteroatoms. The van der Waals surface area contributed by atoms with E-state index in [1.54, 1.807) is 37.6 Å². The largest absolute Gasteiger partial charge is 0.497 e. The Balaban J connectivity index is 1.84. The maximum atomic E-state index is 12.3. The molecule has 3 rings (SSSR count). The first-order chi connectivity index (χ1) is 13.2. The van der Waals surface area contributed by atoms with Gasteiger partial charge >= 0.3 is 0 Å². The van der Waals surface area contributed by atoms with Gasteiger partial charge in [0.1, 0.15) is 11.5 Å². The molecule has 0 heterocycles. The number of ether oxygens (including phenoxy) is 2. The molecule has 0 saturated heterocycles. The lowest BCUT2D eigenvalue weighted by Gasteiger charge is -2.11. The highest BCUT2D eigenvalue weighted by molar-refractivity contribution is 6.03. The van der Waals surface area contributed by atoms with E-state index in [0.717, 1.165) is 28.5 Å². The molecule has 0 aromatic heterocycles. The molecule has 0 atom stereocenters. The maximum absolute atomic E-state index is 12.3. The molecule has 5 nitrogen and oxygen atoms in total. The van der Waals surface area contributed by atoms with Gasteiger partial charge in [-0.05, 0) is 41.5 Å². The van der Waals surface area contributed by atoms with E-state index in [9.17, 15) is 4.79 Å². The van der Waals surface area contributed by atoms with Crippen LogP contribution in [0.1, 0.15) is 29.3 Å². The third-order valence-corrected chi connectivity index (χ3v) is 4.08. The van der Waals surface area contributed by atoms with Crippen molar-refractivity contribution in [2.45, 2.75) is 13.3 Å². The molecule has 0 fully saturated rings. The zero-order chi connectivity index (χ0) is 19.1. The van der Waals surface area contributed by atoms with E-state index in [-0.39, 0.29) is 5.91 Å². The molecule has 3 aromatic rings. The number of nitrogens with one attached hydrogen (secondary N) is 1. The third-order valence-electron chi connectivity index (χ3n) is 4.08. The fourth-order valence-corrected chi connectivity index (χ4v) is 2.73. The van der Waals surface area contributed by atoms with Crippen LogP contribution in [-0.4, -0.2) is 25.8 Å². The van der Waals surface area contributed by atoms with Crippen LogP contribution in [0, 0.1) is 0 Å². The Bertz CT molecular complexity index is 967. The number of amides is 1. The summed E-state index contributed by atoms with van der Waals surface area (Å²) in [6, 6.07) is 18.9. The van der Waals surface area contributed by atoms with Gasteiger partial charge in [0, 0.05) is 11.1 Å². The van der Waals surface area contributed by atoms with Crippen LogP contribution >= 0.6 is 0 Å². The average molecular weight is 362 g/mol. The number of carbonyl (C=O) groups excluding carboxylic acids is 1. The normalized spacial score (nSPS) is 10.9. The van der Waals surface area contributed by atoms with Gasteiger partial charge in [0.15, 0.2) is 0 Å². The molecule has 0 saturated carbocycles. The highest BCUT2D eigenvalue weighted by atomic mass is 16.5. The second-order valence-corrected chi connectivity index (χ2v) is 5.98. The number of methoxy groups -OCH3 is 1. The van der Waals surface area contributed by atoms with Crippen LogP contribution in [0.3, 0.4) is 0 Å². The Morgan fingerprint density at radius 3 is 2.78 bits per heavy atom. The second kappa shape index (κ2) is 8.85. The molecule has 0 aliphatic carbocycles. The van der Waals surface area contributed by atoms with E-state index in [1.165, 1.54) is 0 Å². The van der Waals surface area contributed by atoms with Gasteiger partial charge in [0.25, 0.3) is 5.91 Å². The van der Waals surface area contributed by atoms with Crippen molar-refractivity contribution in [1.82, 2.24) is 5.43 Å². The van der Waals surface area contributed by atoms with Gasteiger partial charge in [0.05, 0.1) is 19.9 Å². The van der Waals surface area contributed by atoms with Crippen molar-refractivity contribution in [3.8, 4) is 11.5 Å². The minimum atomic E-state index is -0.304. The highest BCUT2D eigenvalue weighted by Crippen LogP contribution is 2.26. The monoisotopic (exact) mass is 362 g/mol. The van der Waals surface area contributed by atoms with Crippen molar-refractivity contribution in [3.05, 3.63) is 71.8 Å². The Labute approximate surface area is 158 Å². The minimum absolute atomic E-state index is 0.304. The van der Waals surface area contributed by atoms with Crippen LogP contribution in [0.2, 0.25) is 0 Å². The van der Waals surface area contributed by atoms with Gasteiger partial charge in [0.2, 0.25) is 0 Å². The molecule has 3 aromatic carbocycles. The van der Waals surface area contributed by atoms with Crippen molar-refractivity contribution in [2.75, 3.05) is 13.7 Å². The average Bonchev–Trinajstić information content (AvgIpc) is 2.72. The molecular formula is C22H22N2O3. The van der Waals surface area contributed by atoms with Gasteiger partial charge in [-0.3, -0.25) is 4.79 Å². The number of rotatable bonds is 7. The Morgan fingerprint density at radius 1 is 1.11 bits per heavy atom. The van der Waals surface area contributed by atoms with Crippen LogP contribution in [0.15, 0.2) is 65.8 Å². The predicted molar refractivity (Wildman–Crippen MR) is 108 cm³/mol. The fourth-order valence-electron chi connectivity index (χ4n) is 2.73. The number of carbonyl (C=O) groups is 1. The van der Waals surface area contributed by atoms with Gasteiger partial charge < -0.3 is 9.47 Å². The molecule has 1 N–H and O–H groups in total. The standard InChI is InChI=1S/C22H22N2O3/c1-3-13-27-21-12-11-16-7-4-5-10-19(16)20(21)15-23-24-22(25)17-8-6-9-18(14-17)26-2/h4-12,14-15H,3,13H2,1-2H3,(H,24,25)/b23-15-. The molecule has 1 amide bonds. The summed E-state index contributed by atoms with van der Waals surface area (Å²) < 4.78 is 11.0. The van der Waals surface area contributed by atoms with Gasteiger partial charge in [-0.15, -0.1) is 0 Å². The van der Waals surface area contributed by atoms with E-state index in [2.05, 4.69) is 17.5 Å². The third kappa shape index (κ3) is 4.44. The van der Waals surface area contributed by atoms with Crippen LogP contribution in [0.4, 0.5) is 0 Å². The molecule has 0 aliphatic heterocycles. The number of hydrazone groups is 1. The molecule has 27 heavy (non-hydrogen) atoms. The van der Waals surface area contributed by atoms with Crippen LogP contribution in [0.25, 0.3) is 10.8 Å². The molecule has 0 bridgehead atoms. The van der Waals surface area contributed by atoms with E-state index in [1.807, 2.05) is 36.4 Å². The van der Waals surface area contributed by atoms with E-state index >= 15 is 0 Å². The molecule has 0 unspecified atom stereocenters. The van der Waals surface area contributed by atoms with Gasteiger partial charge in [-0.1, -0.05) is 43.3 Å². The number of hydrogen-bond donors (Lipinski definition) is 1. The van der Waals surface area contributed by atoms with E-state index < -0.39 is 0 Å².